The number of carbonyl (C=O) groups is 2. The maximum Gasteiger partial charge on any atom is 0.306 e. The van der Waals surface area contributed by atoms with E-state index in [2.05, 4.69) is 172 Å². The maximum atomic E-state index is 12.9. The monoisotopic (exact) mass is 1350 g/mol. The Morgan fingerprint density at radius 1 is 0.323 bits per heavy atom. The van der Waals surface area contributed by atoms with Crippen molar-refractivity contribution in [3.05, 3.63) is 158 Å². The lowest BCUT2D eigenvalue weighted by molar-refractivity contribution is -0.870. The van der Waals surface area contributed by atoms with Crippen molar-refractivity contribution < 1.29 is 42.1 Å². The van der Waals surface area contributed by atoms with E-state index in [0.29, 0.717) is 17.4 Å². The Morgan fingerprint density at radius 2 is 0.562 bits per heavy atom. The number of hydrogen-bond acceptors (Lipinski definition) is 8. The van der Waals surface area contributed by atoms with E-state index in [4.69, 9.17) is 18.5 Å². The van der Waals surface area contributed by atoms with Crippen LogP contribution in [0.4, 0.5) is 0 Å². The van der Waals surface area contributed by atoms with Gasteiger partial charge in [-0.25, -0.2) is 0 Å². The first-order valence-electron chi connectivity index (χ1n) is 39.2. The number of nitrogens with zero attached hydrogens (tertiary/aromatic N) is 1. The van der Waals surface area contributed by atoms with Crippen molar-refractivity contribution in [2.75, 3.05) is 47.5 Å². The second-order valence-electron chi connectivity index (χ2n) is 27.0. The Labute approximate surface area is 592 Å². The average Bonchev–Trinajstić information content (AvgIpc) is 2.72. The summed E-state index contributed by atoms with van der Waals surface area (Å²) in [5.74, 6) is -0.832. The highest BCUT2D eigenvalue weighted by Crippen LogP contribution is 2.38. The highest BCUT2D eigenvalue weighted by molar-refractivity contribution is 7.45. The topological polar surface area (TPSA) is 111 Å². The van der Waals surface area contributed by atoms with Gasteiger partial charge in [0.25, 0.3) is 7.82 Å². The van der Waals surface area contributed by atoms with Gasteiger partial charge in [0.05, 0.1) is 27.7 Å². The lowest BCUT2D eigenvalue weighted by atomic mass is 10.0. The molecule has 0 spiro atoms. The summed E-state index contributed by atoms with van der Waals surface area (Å²) in [5, 5.41) is 0. The van der Waals surface area contributed by atoms with Gasteiger partial charge in [-0.05, 0) is 122 Å². The van der Waals surface area contributed by atoms with Crippen LogP contribution in [0.3, 0.4) is 0 Å². The van der Waals surface area contributed by atoms with Crippen molar-refractivity contribution in [1.82, 2.24) is 0 Å². The summed E-state index contributed by atoms with van der Waals surface area (Å²) in [6.07, 6.45) is 112. The predicted octanol–water partition coefficient (Wildman–Crippen LogP) is 25.6. The Bertz CT molecular complexity index is 2180. The van der Waals surface area contributed by atoms with Crippen molar-refractivity contribution >= 4 is 19.8 Å². The molecule has 0 aromatic rings. The van der Waals surface area contributed by atoms with E-state index >= 15 is 0 Å². The van der Waals surface area contributed by atoms with Crippen LogP contribution < -0.4 is 4.89 Å². The fourth-order valence-electron chi connectivity index (χ4n) is 10.6. The maximum absolute atomic E-state index is 12.9. The summed E-state index contributed by atoms with van der Waals surface area (Å²) in [7, 11) is 1.16. The predicted molar refractivity (Wildman–Crippen MR) is 415 cm³/mol. The number of likely N-dealkylation sites (N-methyl/N-ethyl adjacent to an activating group) is 1. The SMILES string of the molecule is CC/C=C\C/C=C\C/C=C\C/C=C\C/C=C\C/C=C\C/C=C\C/C=C\CCCCCCCCCCCCCCC(=O)OC(COC(=O)CCCCCCCCCCCCCCCCCCCCC/C=C\C/C=C\C/C=C\C/C=C\C/C=C\CC)COP(=O)([O-])OCC[N+](C)(C)C. The first-order valence-corrected chi connectivity index (χ1v) is 40.7. The van der Waals surface area contributed by atoms with E-state index in [1.54, 1.807) is 0 Å². The third-order valence-corrected chi connectivity index (χ3v) is 17.5. The highest BCUT2D eigenvalue weighted by Gasteiger charge is 2.22. The number of esters is 2. The number of phosphoric ester groups is 1. The molecule has 0 bridgehead atoms. The molecule has 0 saturated heterocycles. The summed E-state index contributed by atoms with van der Waals surface area (Å²) in [4.78, 5) is 38.2. The van der Waals surface area contributed by atoms with Crippen LogP contribution in [0.2, 0.25) is 0 Å². The summed E-state index contributed by atoms with van der Waals surface area (Å²) in [6.45, 7) is 4.03. The van der Waals surface area contributed by atoms with Crippen molar-refractivity contribution in [2.45, 2.75) is 328 Å². The van der Waals surface area contributed by atoms with Gasteiger partial charge in [-0.15, -0.1) is 0 Å². The smallest absolute Gasteiger partial charge is 0.306 e. The summed E-state index contributed by atoms with van der Waals surface area (Å²) in [6, 6.07) is 0. The fourth-order valence-corrected chi connectivity index (χ4v) is 11.4. The van der Waals surface area contributed by atoms with Crippen LogP contribution in [0.5, 0.6) is 0 Å². The van der Waals surface area contributed by atoms with Crippen molar-refractivity contribution in [1.29, 1.82) is 0 Å². The summed E-state index contributed by atoms with van der Waals surface area (Å²) < 4.78 is 34.4. The minimum absolute atomic E-state index is 0.0361. The third-order valence-electron chi connectivity index (χ3n) is 16.5. The lowest BCUT2D eigenvalue weighted by Gasteiger charge is -2.28. The van der Waals surface area contributed by atoms with Gasteiger partial charge < -0.3 is 27.9 Å². The Kier molecular flexibility index (Phi) is 71.4. The lowest BCUT2D eigenvalue weighted by Crippen LogP contribution is -2.37. The number of carbonyl (C=O) groups excluding carboxylic acids is 2. The number of allylic oxidation sites excluding steroid dienone is 26. The molecule has 96 heavy (non-hydrogen) atoms. The molecule has 0 rings (SSSR count). The van der Waals surface area contributed by atoms with Crippen molar-refractivity contribution in [2.24, 2.45) is 0 Å². The molecule has 0 N–H and O–H groups in total. The average molecular weight is 1350 g/mol. The third kappa shape index (κ3) is 78.6. The summed E-state index contributed by atoms with van der Waals surface area (Å²) in [5.41, 5.74) is 0. The highest BCUT2D eigenvalue weighted by atomic mass is 31.2. The molecule has 0 aliphatic rings. The zero-order valence-electron chi connectivity index (χ0n) is 62.5. The van der Waals surface area contributed by atoms with E-state index in [-0.39, 0.29) is 32.0 Å². The molecule has 0 saturated carbocycles. The van der Waals surface area contributed by atoms with Gasteiger partial charge in [0.15, 0.2) is 6.10 Å². The van der Waals surface area contributed by atoms with E-state index in [0.717, 1.165) is 122 Å². The zero-order valence-corrected chi connectivity index (χ0v) is 63.4. The van der Waals surface area contributed by atoms with Gasteiger partial charge in [-0.2, -0.15) is 0 Å². The van der Waals surface area contributed by atoms with Crippen LogP contribution in [0.1, 0.15) is 322 Å². The first-order chi connectivity index (χ1) is 47.0. The molecule has 0 amide bonds. The van der Waals surface area contributed by atoms with Crippen LogP contribution in [-0.4, -0.2) is 70.0 Å². The number of phosphoric acid groups is 1. The Balaban J connectivity index is 4.01. The first kappa shape index (κ1) is 91.6. The van der Waals surface area contributed by atoms with E-state index in [1.165, 1.54) is 167 Å². The van der Waals surface area contributed by atoms with Crippen LogP contribution in [0.25, 0.3) is 0 Å². The van der Waals surface area contributed by atoms with Crippen LogP contribution in [-0.2, 0) is 32.7 Å². The Morgan fingerprint density at radius 3 is 0.833 bits per heavy atom. The van der Waals surface area contributed by atoms with Crippen LogP contribution in [0.15, 0.2) is 158 Å². The Hall–Kier alpha value is -4.37. The number of unbranched alkanes of at least 4 members (excludes halogenated alkanes) is 31. The van der Waals surface area contributed by atoms with Crippen LogP contribution >= 0.6 is 7.82 Å². The number of hydrogen-bond donors (Lipinski definition) is 0. The van der Waals surface area contributed by atoms with Crippen molar-refractivity contribution in [3.63, 3.8) is 0 Å². The molecule has 2 atom stereocenters. The minimum Gasteiger partial charge on any atom is -0.756 e. The molecule has 0 heterocycles. The molecule has 0 aromatic heterocycles. The fraction of sp³-hybridized carbons (Fsp3) is 0.674. The zero-order chi connectivity index (χ0) is 69.7. The van der Waals surface area contributed by atoms with Gasteiger partial charge in [0.1, 0.15) is 19.8 Å². The van der Waals surface area contributed by atoms with Gasteiger partial charge >= 0.3 is 11.9 Å². The largest absolute Gasteiger partial charge is 0.756 e. The van der Waals surface area contributed by atoms with Crippen molar-refractivity contribution in [3.8, 4) is 0 Å². The molecule has 0 aliphatic carbocycles. The number of quaternary nitrogens is 1. The van der Waals surface area contributed by atoms with E-state index in [9.17, 15) is 19.0 Å². The molecule has 0 aliphatic heterocycles. The van der Waals surface area contributed by atoms with E-state index < -0.39 is 26.5 Å². The molecule has 548 valence electrons. The molecule has 0 fully saturated rings. The van der Waals surface area contributed by atoms with Gasteiger partial charge in [0, 0.05) is 12.8 Å². The molecular weight excluding hydrogens is 1210 g/mol. The van der Waals surface area contributed by atoms with Gasteiger partial charge in [-0.3, -0.25) is 14.2 Å². The standard InChI is InChI=1S/C86H146NO8P/c1-6-8-10-12-14-16-18-20-22-24-26-28-30-32-34-36-38-40-42-43-45-47-49-51-53-55-57-59-61-63-65-67-69-71-73-75-77-79-86(89)95-84(83-94-96(90,91)93-81-80-87(3,4)5)82-92-85(88)78-76-74-72-70-68-66-64-62-60-58-56-54-52-50-48-46-44-41-39-37-35-33-31-29-27-25-23-21-19-17-15-13-11-9-7-2/h8-11,14-17,20-23,26-29,32-35,38,40,43,45,49,51,84H,6-7,12-13,18-19,24-25,30-31,36-37,39,41-42,44,46-48,50,52-83H2,1-5H3/b10-8-,11-9-,16-14-,17-15-,22-20-,23-21-,28-26-,29-27-,34-32-,35-33-,40-38-,45-43-,51-49-. The number of rotatable bonds is 71. The molecule has 10 heteroatoms. The summed E-state index contributed by atoms with van der Waals surface area (Å²) >= 11 is 0. The molecule has 0 radical (unpaired) electrons. The normalized spacial score (nSPS) is 13.9. The molecule has 9 nitrogen and oxygen atoms in total. The molecule has 0 aromatic carbocycles. The molecule has 2 unspecified atom stereocenters. The van der Waals surface area contributed by atoms with E-state index in [1.807, 2.05) is 21.1 Å². The van der Waals surface area contributed by atoms with Gasteiger partial charge in [0.2, 0.25) is 0 Å². The second-order valence-corrected chi connectivity index (χ2v) is 28.4. The molecular formula is C86H146NO8P. The minimum atomic E-state index is -4.65. The second kappa shape index (κ2) is 74.8. The van der Waals surface area contributed by atoms with Gasteiger partial charge in [-0.1, -0.05) is 345 Å². The number of ether oxygens (including phenoxy) is 2. The quantitative estimate of drug-likeness (QED) is 0.0195. The van der Waals surface area contributed by atoms with Crippen LogP contribution in [0, 0.1) is 0 Å².